The first-order valence-corrected chi connectivity index (χ1v) is 10.1. The van der Waals surface area contributed by atoms with Gasteiger partial charge in [0.05, 0.1) is 13.7 Å². The number of aromatic nitrogens is 2. The smallest absolute Gasteiger partial charge is 0.253 e. The Morgan fingerprint density at radius 3 is 2.33 bits per heavy atom. The van der Waals surface area contributed by atoms with Gasteiger partial charge in [0.1, 0.15) is 5.75 Å². The van der Waals surface area contributed by atoms with E-state index in [1.54, 1.807) is 7.11 Å². The molecule has 0 unspecified atom stereocenters. The van der Waals surface area contributed by atoms with Crippen molar-refractivity contribution in [3.05, 3.63) is 65.0 Å². The molecule has 7 nitrogen and oxygen atoms in total. The van der Waals surface area contributed by atoms with Crippen LogP contribution in [-0.4, -0.2) is 59.1 Å². The molecule has 4 rings (SSSR count). The highest BCUT2D eigenvalue weighted by molar-refractivity contribution is 5.94. The van der Waals surface area contributed by atoms with Crippen LogP contribution in [0, 0.1) is 13.8 Å². The minimum Gasteiger partial charge on any atom is -0.497 e. The predicted molar refractivity (Wildman–Crippen MR) is 113 cm³/mol. The molecular formula is C23H26N4O3. The van der Waals surface area contributed by atoms with Crippen molar-refractivity contribution in [1.82, 2.24) is 19.9 Å². The van der Waals surface area contributed by atoms with Gasteiger partial charge in [0.2, 0.25) is 11.7 Å². The third-order valence-electron chi connectivity index (χ3n) is 5.30. The maximum atomic E-state index is 12.8. The summed E-state index contributed by atoms with van der Waals surface area (Å²) >= 11 is 0. The monoisotopic (exact) mass is 406 g/mol. The standard InChI is InChI=1S/C23H26N4O3/c1-16-12-17(2)14-19(13-16)23(28)27-10-8-26(9-11-27)15-21-24-22(25-30-21)18-4-6-20(29-3)7-5-18/h4-7,12-14H,8-11,15H2,1-3H3. The zero-order valence-electron chi connectivity index (χ0n) is 17.6. The SMILES string of the molecule is COc1ccc(-c2noc(CN3CCN(C(=O)c4cc(C)cc(C)c4)CC3)n2)cc1. The van der Waals surface area contributed by atoms with Gasteiger partial charge in [-0.3, -0.25) is 9.69 Å². The number of rotatable bonds is 5. The topological polar surface area (TPSA) is 71.7 Å². The number of piperazine rings is 1. The largest absolute Gasteiger partial charge is 0.497 e. The van der Waals surface area contributed by atoms with Crippen molar-refractivity contribution < 1.29 is 14.1 Å². The Kier molecular flexibility index (Phi) is 5.81. The van der Waals surface area contributed by atoms with Crippen molar-refractivity contribution >= 4 is 5.91 Å². The molecule has 0 N–H and O–H groups in total. The highest BCUT2D eigenvalue weighted by Gasteiger charge is 2.23. The summed E-state index contributed by atoms with van der Waals surface area (Å²) in [6, 6.07) is 13.6. The fourth-order valence-electron chi connectivity index (χ4n) is 3.76. The average molecular weight is 406 g/mol. The summed E-state index contributed by atoms with van der Waals surface area (Å²) in [5.74, 6) is 2.03. The molecule has 7 heteroatoms. The highest BCUT2D eigenvalue weighted by atomic mass is 16.5. The van der Waals surface area contributed by atoms with Gasteiger partial charge in [0.25, 0.3) is 5.91 Å². The Hall–Kier alpha value is -3.19. The third-order valence-corrected chi connectivity index (χ3v) is 5.30. The molecule has 0 bridgehead atoms. The van der Waals surface area contributed by atoms with Gasteiger partial charge in [-0.2, -0.15) is 4.98 Å². The Bertz CT molecular complexity index is 1000. The lowest BCUT2D eigenvalue weighted by atomic mass is 10.1. The second kappa shape index (κ2) is 8.67. The van der Waals surface area contributed by atoms with Crippen LogP contribution >= 0.6 is 0 Å². The lowest BCUT2D eigenvalue weighted by molar-refractivity contribution is 0.0615. The van der Waals surface area contributed by atoms with Gasteiger partial charge in [0, 0.05) is 37.3 Å². The molecule has 156 valence electrons. The summed E-state index contributed by atoms with van der Waals surface area (Å²) in [6.45, 7) is 7.54. The van der Waals surface area contributed by atoms with Gasteiger partial charge in [-0.05, 0) is 50.2 Å². The molecule has 1 aromatic heterocycles. The van der Waals surface area contributed by atoms with Crippen molar-refractivity contribution in [2.24, 2.45) is 0 Å². The van der Waals surface area contributed by atoms with Crippen LogP contribution in [0.5, 0.6) is 5.75 Å². The molecule has 0 radical (unpaired) electrons. The maximum absolute atomic E-state index is 12.8. The van der Waals surface area contributed by atoms with Gasteiger partial charge in [-0.15, -0.1) is 0 Å². The fourth-order valence-corrected chi connectivity index (χ4v) is 3.76. The number of carbonyl (C=O) groups excluding carboxylic acids is 1. The second-order valence-electron chi connectivity index (χ2n) is 7.68. The molecule has 2 heterocycles. The molecule has 2 aromatic carbocycles. The summed E-state index contributed by atoms with van der Waals surface area (Å²) in [5, 5.41) is 4.09. The number of hydrogen-bond acceptors (Lipinski definition) is 6. The first-order chi connectivity index (χ1) is 14.5. The molecule has 1 amide bonds. The van der Waals surface area contributed by atoms with E-state index in [0.717, 1.165) is 41.1 Å². The minimum absolute atomic E-state index is 0.0982. The normalized spacial score (nSPS) is 14.7. The van der Waals surface area contributed by atoms with E-state index in [4.69, 9.17) is 9.26 Å². The molecule has 1 fully saturated rings. The predicted octanol–water partition coefficient (Wildman–Crippen LogP) is 3.32. The summed E-state index contributed by atoms with van der Waals surface area (Å²) in [5.41, 5.74) is 3.87. The number of amides is 1. The van der Waals surface area contributed by atoms with Crippen LogP contribution in [0.15, 0.2) is 47.0 Å². The third kappa shape index (κ3) is 4.52. The Morgan fingerprint density at radius 1 is 1.03 bits per heavy atom. The van der Waals surface area contributed by atoms with Gasteiger partial charge in [-0.1, -0.05) is 22.3 Å². The quantitative estimate of drug-likeness (QED) is 0.647. The van der Waals surface area contributed by atoms with Crippen molar-refractivity contribution in [3.63, 3.8) is 0 Å². The van der Waals surface area contributed by atoms with Crippen molar-refractivity contribution in [2.75, 3.05) is 33.3 Å². The van der Waals surface area contributed by atoms with Gasteiger partial charge < -0.3 is 14.2 Å². The molecular weight excluding hydrogens is 380 g/mol. The van der Waals surface area contributed by atoms with E-state index in [1.807, 2.05) is 55.1 Å². The highest BCUT2D eigenvalue weighted by Crippen LogP contribution is 2.20. The fraction of sp³-hybridized carbons (Fsp3) is 0.348. The zero-order chi connectivity index (χ0) is 21.1. The van der Waals surface area contributed by atoms with Crippen LogP contribution in [-0.2, 0) is 6.54 Å². The number of carbonyl (C=O) groups is 1. The van der Waals surface area contributed by atoms with Gasteiger partial charge >= 0.3 is 0 Å². The molecule has 0 aliphatic carbocycles. The van der Waals surface area contributed by atoms with Crippen LogP contribution in [0.4, 0.5) is 0 Å². The van der Waals surface area contributed by atoms with Crippen molar-refractivity contribution in [3.8, 4) is 17.1 Å². The molecule has 30 heavy (non-hydrogen) atoms. The van der Waals surface area contributed by atoms with Crippen LogP contribution < -0.4 is 4.74 Å². The van der Waals surface area contributed by atoms with Crippen LogP contribution in [0.1, 0.15) is 27.4 Å². The number of aryl methyl sites for hydroxylation is 2. The lowest BCUT2D eigenvalue weighted by Crippen LogP contribution is -2.48. The first kappa shape index (κ1) is 20.1. The molecule has 1 aliphatic rings. The number of benzene rings is 2. The molecule has 1 saturated heterocycles. The maximum Gasteiger partial charge on any atom is 0.253 e. The zero-order valence-corrected chi connectivity index (χ0v) is 17.6. The first-order valence-electron chi connectivity index (χ1n) is 10.1. The number of methoxy groups -OCH3 is 1. The van der Waals surface area contributed by atoms with Crippen molar-refractivity contribution in [1.29, 1.82) is 0 Å². The van der Waals surface area contributed by atoms with Crippen LogP contribution in [0.25, 0.3) is 11.4 Å². The molecule has 0 atom stereocenters. The molecule has 3 aromatic rings. The number of hydrogen-bond donors (Lipinski definition) is 0. The lowest BCUT2D eigenvalue weighted by Gasteiger charge is -2.34. The van der Waals surface area contributed by atoms with Gasteiger partial charge in [-0.25, -0.2) is 0 Å². The molecule has 0 saturated carbocycles. The Morgan fingerprint density at radius 2 is 1.70 bits per heavy atom. The van der Waals surface area contributed by atoms with E-state index in [0.29, 0.717) is 31.3 Å². The van der Waals surface area contributed by atoms with E-state index < -0.39 is 0 Å². The minimum atomic E-state index is 0.0982. The summed E-state index contributed by atoms with van der Waals surface area (Å²) in [7, 11) is 1.64. The summed E-state index contributed by atoms with van der Waals surface area (Å²) < 4.78 is 10.6. The molecule has 1 aliphatic heterocycles. The van der Waals surface area contributed by atoms with E-state index in [9.17, 15) is 4.79 Å². The molecule has 0 spiro atoms. The van der Waals surface area contributed by atoms with E-state index >= 15 is 0 Å². The van der Waals surface area contributed by atoms with E-state index in [-0.39, 0.29) is 5.91 Å². The second-order valence-corrected chi connectivity index (χ2v) is 7.68. The average Bonchev–Trinajstić information content (AvgIpc) is 3.21. The number of ether oxygens (including phenoxy) is 1. The van der Waals surface area contributed by atoms with E-state index in [2.05, 4.69) is 21.1 Å². The van der Waals surface area contributed by atoms with Crippen LogP contribution in [0.3, 0.4) is 0 Å². The summed E-state index contributed by atoms with van der Waals surface area (Å²) in [6.07, 6.45) is 0. The summed E-state index contributed by atoms with van der Waals surface area (Å²) in [4.78, 5) is 21.5. The van der Waals surface area contributed by atoms with Crippen molar-refractivity contribution in [2.45, 2.75) is 20.4 Å². The Balaban J connectivity index is 1.33. The van der Waals surface area contributed by atoms with Gasteiger partial charge in [0.15, 0.2) is 0 Å². The van der Waals surface area contributed by atoms with E-state index in [1.165, 1.54) is 0 Å². The number of nitrogens with zero attached hydrogens (tertiary/aromatic N) is 4. The Labute approximate surface area is 176 Å². The van der Waals surface area contributed by atoms with Crippen LogP contribution in [0.2, 0.25) is 0 Å².